The van der Waals surface area contributed by atoms with Crippen molar-refractivity contribution in [2.24, 2.45) is 0 Å². The Kier molecular flexibility index (Phi) is 3.46. The fraction of sp³-hybridized carbons (Fsp3) is 0.125. The van der Waals surface area contributed by atoms with E-state index in [-0.39, 0.29) is 0 Å². The van der Waals surface area contributed by atoms with Crippen LogP contribution in [0.15, 0.2) is 54.7 Å². The topological polar surface area (TPSA) is 47.0 Å². The van der Waals surface area contributed by atoms with Crippen LogP contribution in [0.25, 0.3) is 10.9 Å². The Balaban J connectivity index is 1.76. The monoisotopic (exact) mass is 265 g/mol. The van der Waals surface area contributed by atoms with E-state index in [0.717, 1.165) is 22.3 Å². The maximum Gasteiger partial charge on any atom is 0.213 e. The minimum absolute atomic E-state index is 0.626. The van der Waals surface area contributed by atoms with Gasteiger partial charge in [-0.25, -0.2) is 4.98 Å². The normalized spacial score (nSPS) is 10.4. The molecule has 1 aromatic carbocycles. The van der Waals surface area contributed by atoms with Crippen LogP contribution in [0.1, 0.15) is 5.69 Å². The van der Waals surface area contributed by atoms with Crippen LogP contribution in [-0.4, -0.2) is 17.1 Å². The molecular weight excluding hydrogens is 250 g/mol. The number of fused-ring (bicyclic) bond motifs is 1. The molecule has 4 nitrogen and oxygen atoms in total. The second-order valence-corrected chi connectivity index (χ2v) is 4.44. The van der Waals surface area contributed by atoms with Crippen molar-refractivity contribution in [1.82, 2.24) is 9.97 Å². The third kappa shape index (κ3) is 2.69. The third-order valence-corrected chi connectivity index (χ3v) is 3.05. The molecule has 0 atom stereocenters. The van der Waals surface area contributed by atoms with E-state index in [0.29, 0.717) is 12.4 Å². The molecule has 3 rings (SSSR count). The largest absolute Gasteiger partial charge is 0.481 e. The maximum absolute atomic E-state index is 5.11. The molecule has 0 aliphatic rings. The van der Waals surface area contributed by atoms with Crippen molar-refractivity contribution in [1.29, 1.82) is 0 Å². The number of rotatable bonds is 4. The van der Waals surface area contributed by atoms with E-state index in [4.69, 9.17) is 4.74 Å². The van der Waals surface area contributed by atoms with Crippen LogP contribution in [0.4, 0.5) is 5.69 Å². The Labute approximate surface area is 117 Å². The Bertz CT molecular complexity index is 727. The summed E-state index contributed by atoms with van der Waals surface area (Å²) in [5, 5.41) is 4.45. The Morgan fingerprint density at radius 1 is 1.10 bits per heavy atom. The molecule has 0 unspecified atom stereocenters. The molecule has 0 spiro atoms. The number of ether oxygens (including phenoxy) is 1. The number of benzene rings is 1. The Hall–Kier alpha value is -2.62. The minimum atomic E-state index is 0.626. The number of methoxy groups -OCH3 is 1. The van der Waals surface area contributed by atoms with E-state index < -0.39 is 0 Å². The fourth-order valence-corrected chi connectivity index (χ4v) is 2.03. The van der Waals surface area contributed by atoms with Gasteiger partial charge in [-0.05, 0) is 18.2 Å². The van der Waals surface area contributed by atoms with Gasteiger partial charge < -0.3 is 10.1 Å². The van der Waals surface area contributed by atoms with Crippen LogP contribution in [0.3, 0.4) is 0 Å². The summed E-state index contributed by atoms with van der Waals surface area (Å²) in [6.07, 6.45) is 1.84. The summed E-state index contributed by atoms with van der Waals surface area (Å²) >= 11 is 0. The summed E-state index contributed by atoms with van der Waals surface area (Å²) in [4.78, 5) is 8.78. The summed E-state index contributed by atoms with van der Waals surface area (Å²) < 4.78 is 5.11. The van der Waals surface area contributed by atoms with Crippen molar-refractivity contribution >= 4 is 16.6 Å². The van der Waals surface area contributed by atoms with Gasteiger partial charge in [0.05, 0.1) is 36.7 Å². The zero-order chi connectivity index (χ0) is 13.8. The molecule has 0 fully saturated rings. The van der Waals surface area contributed by atoms with Gasteiger partial charge >= 0.3 is 0 Å². The molecule has 0 amide bonds. The highest BCUT2D eigenvalue weighted by atomic mass is 16.5. The summed E-state index contributed by atoms with van der Waals surface area (Å²) in [6, 6.07) is 15.9. The molecule has 0 aliphatic carbocycles. The van der Waals surface area contributed by atoms with Crippen molar-refractivity contribution in [2.45, 2.75) is 6.54 Å². The van der Waals surface area contributed by atoms with Crippen LogP contribution in [0.5, 0.6) is 5.88 Å². The third-order valence-electron chi connectivity index (χ3n) is 3.05. The van der Waals surface area contributed by atoms with E-state index in [1.54, 1.807) is 7.11 Å². The molecule has 2 heterocycles. The first kappa shape index (κ1) is 12.4. The summed E-state index contributed by atoms with van der Waals surface area (Å²) in [6.45, 7) is 0.636. The number of hydrogen-bond donors (Lipinski definition) is 1. The molecule has 3 aromatic rings. The second kappa shape index (κ2) is 5.57. The lowest BCUT2D eigenvalue weighted by atomic mass is 10.2. The molecule has 0 aliphatic heterocycles. The van der Waals surface area contributed by atoms with Crippen LogP contribution < -0.4 is 10.1 Å². The smallest absolute Gasteiger partial charge is 0.213 e. The first-order chi connectivity index (χ1) is 9.85. The lowest BCUT2D eigenvalue weighted by Crippen LogP contribution is -2.02. The number of para-hydroxylation sites is 1. The Morgan fingerprint density at radius 2 is 2.00 bits per heavy atom. The van der Waals surface area contributed by atoms with Crippen molar-refractivity contribution in [3.05, 3.63) is 60.4 Å². The maximum atomic E-state index is 5.11. The quantitative estimate of drug-likeness (QED) is 0.786. The first-order valence-electron chi connectivity index (χ1n) is 6.44. The zero-order valence-electron chi connectivity index (χ0n) is 11.2. The number of pyridine rings is 2. The van der Waals surface area contributed by atoms with E-state index in [1.807, 2.05) is 42.6 Å². The number of nitrogens with one attached hydrogen (secondary N) is 1. The van der Waals surface area contributed by atoms with Gasteiger partial charge in [-0.1, -0.05) is 24.3 Å². The molecule has 4 heteroatoms. The molecule has 0 radical (unpaired) electrons. The number of nitrogens with zero attached hydrogens (tertiary/aromatic N) is 2. The summed E-state index contributed by atoms with van der Waals surface area (Å²) in [5.74, 6) is 0.626. The van der Waals surface area contributed by atoms with Gasteiger partial charge in [0.1, 0.15) is 0 Å². The standard InChI is InChI=1S/C16H15N3O/c1-20-16-8-4-6-13(19-16)10-17-14-9-12-5-2-3-7-15(12)18-11-14/h2-9,11,17H,10H2,1H3. The van der Waals surface area contributed by atoms with E-state index in [2.05, 4.69) is 27.4 Å². The molecule has 0 bridgehead atoms. The van der Waals surface area contributed by atoms with E-state index in [1.165, 1.54) is 0 Å². The van der Waals surface area contributed by atoms with Crippen LogP contribution in [0.2, 0.25) is 0 Å². The van der Waals surface area contributed by atoms with Gasteiger partial charge in [-0.15, -0.1) is 0 Å². The van der Waals surface area contributed by atoms with Gasteiger partial charge in [-0.3, -0.25) is 4.98 Å². The lowest BCUT2D eigenvalue weighted by molar-refractivity contribution is 0.396. The highest BCUT2D eigenvalue weighted by Crippen LogP contribution is 2.16. The molecule has 0 saturated carbocycles. The summed E-state index contributed by atoms with van der Waals surface area (Å²) in [5.41, 5.74) is 2.91. The van der Waals surface area contributed by atoms with Crippen molar-refractivity contribution in [3.8, 4) is 5.88 Å². The molecule has 100 valence electrons. The highest BCUT2D eigenvalue weighted by Gasteiger charge is 2.00. The van der Waals surface area contributed by atoms with Gasteiger partial charge in [0, 0.05) is 11.5 Å². The van der Waals surface area contributed by atoms with Gasteiger partial charge in [0.15, 0.2) is 0 Å². The molecule has 0 saturated heterocycles. The van der Waals surface area contributed by atoms with Crippen LogP contribution in [0, 0.1) is 0 Å². The molecule has 20 heavy (non-hydrogen) atoms. The Morgan fingerprint density at radius 3 is 2.90 bits per heavy atom. The highest BCUT2D eigenvalue weighted by molar-refractivity contribution is 5.81. The van der Waals surface area contributed by atoms with Crippen molar-refractivity contribution < 1.29 is 4.74 Å². The number of anilines is 1. The lowest BCUT2D eigenvalue weighted by Gasteiger charge is -2.07. The zero-order valence-corrected chi connectivity index (χ0v) is 11.2. The average Bonchev–Trinajstić information content (AvgIpc) is 2.53. The average molecular weight is 265 g/mol. The van der Waals surface area contributed by atoms with E-state index >= 15 is 0 Å². The second-order valence-electron chi connectivity index (χ2n) is 4.44. The van der Waals surface area contributed by atoms with Gasteiger partial charge in [0.2, 0.25) is 5.88 Å². The van der Waals surface area contributed by atoms with E-state index in [9.17, 15) is 0 Å². The SMILES string of the molecule is COc1cccc(CNc2cnc3ccccc3c2)n1. The van der Waals surface area contributed by atoms with Crippen molar-refractivity contribution in [2.75, 3.05) is 12.4 Å². The van der Waals surface area contributed by atoms with Crippen LogP contribution >= 0.6 is 0 Å². The predicted octanol–water partition coefficient (Wildman–Crippen LogP) is 3.25. The van der Waals surface area contributed by atoms with Gasteiger partial charge in [-0.2, -0.15) is 0 Å². The fourth-order valence-electron chi connectivity index (χ4n) is 2.03. The first-order valence-corrected chi connectivity index (χ1v) is 6.44. The molecule has 2 aromatic heterocycles. The van der Waals surface area contributed by atoms with Crippen LogP contribution in [-0.2, 0) is 6.54 Å². The molecule has 1 N–H and O–H groups in total. The van der Waals surface area contributed by atoms with Gasteiger partial charge in [0.25, 0.3) is 0 Å². The van der Waals surface area contributed by atoms with Crippen molar-refractivity contribution in [3.63, 3.8) is 0 Å². The minimum Gasteiger partial charge on any atom is -0.481 e. The molecular formula is C16H15N3O. The number of aromatic nitrogens is 2. The summed E-state index contributed by atoms with van der Waals surface area (Å²) in [7, 11) is 1.62. The predicted molar refractivity (Wildman–Crippen MR) is 79.9 cm³/mol. The number of hydrogen-bond acceptors (Lipinski definition) is 4.